The van der Waals surface area contributed by atoms with E-state index in [1.54, 1.807) is 6.92 Å². The summed E-state index contributed by atoms with van der Waals surface area (Å²) in [5.74, 6) is -0.0956. The van der Waals surface area contributed by atoms with E-state index in [4.69, 9.17) is 4.49 Å². The van der Waals surface area contributed by atoms with Gasteiger partial charge in [0.25, 0.3) is 0 Å². The van der Waals surface area contributed by atoms with Crippen LogP contribution in [0.15, 0.2) is 0 Å². The molecule has 4 nitrogen and oxygen atoms in total. The summed E-state index contributed by atoms with van der Waals surface area (Å²) >= 11 is -5.06. The Kier molecular flexibility index (Phi) is 19.7. The summed E-state index contributed by atoms with van der Waals surface area (Å²) in [7, 11) is 0. The maximum atomic E-state index is 11.8. The van der Waals surface area contributed by atoms with Gasteiger partial charge in [0.15, 0.2) is 0 Å². The standard InChI is InChI=1S/4C4H9.C2H4O2.H2O.O.2Sn/c4*1-3-4-2;1-2(3)4;;;;/h4*1,3-4H2,2H3;1H3,(H,3,4);1H2;;;/q;;;;;;;;+1/p-1. The molecule has 0 heterocycles. The molecule has 2 N–H and O–H groups in total. The molecule has 145 valence electrons. The number of hydrogen-bond donors (Lipinski definition) is 0. The van der Waals surface area contributed by atoms with Gasteiger partial charge in [-0.2, -0.15) is 0 Å². The number of carbonyl (C=O) groups is 1. The predicted molar refractivity (Wildman–Crippen MR) is 107 cm³/mol. The molecule has 1 radical (unpaired) electrons. The Balaban J connectivity index is 0. The molecule has 0 aromatic rings. The molecule has 6 heteroatoms. The van der Waals surface area contributed by atoms with Gasteiger partial charge in [-0.1, -0.05) is 0 Å². The molecule has 0 bridgehead atoms. The number of carbonyl (C=O) groups excluding carboxylic acids is 1. The zero-order valence-electron chi connectivity index (χ0n) is 16.7. The van der Waals surface area contributed by atoms with Gasteiger partial charge in [0.05, 0.1) is 0 Å². The van der Waals surface area contributed by atoms with Gasteiger partial charge in [-0.05, 0) is 0 Å². The summed E-state index contributed by atoms with van der Waals surface area (Å²) in [6, 6.07) is 0. The summed E-state index contributed by atoms with van der Waals surface area (Å²) in [6.45, 7) is 10.5. The van der Waals surface area contributed by atoms with E-state index in [9.17, 15) is 4.79 Å². The van der Waals surface area contributed by atoms with Crippen molar-refractivity contribution in [2.24, 2.45) is 0 Å². The summed E-state index contributed by atoms with van der Waals surface area (Å²) in [6.07, 6.45) is 9.73. The van der Waals surface area contributed by atoms with Gasteiger partial charge in [-0.3, -0.25) is 0 Å². The molecule has 0 aromatic carbocycles. The first kappa shape index (κ1) is 27.2. The van der Waals surface area contributed by atoms with Gasteiger partial charge in [-0.15, -0.1) is 0 Å². The molecule has 0 aromatic heterocycles. The molecule has 0 amide bonds. The van der Waals surface area contributed by atoms with Gasteiger partial charge < -0.3 is 5.48 Å². The van der Waals surface area contributed by atoms with Crippen LogP contribution in [0, 0.1) is 0 Å². The van der Waals surface area contributed by atoms with Gasteiger partial charge >= 0.3 is 158 Å². The van der Waals surface area contributed by atoms with Gasteiger partial charge in [-0.25, -0.2) is 0 Å². The minimum atomic E-state index is -3.20. The molecular weight excluding hydrogens is 518 g/mol. The Labute approximate surface area is 163 Å². The minimum absolute atomic E-state index is 0. The Morgan fingerprint density at radius 2 is 1.25 bits per heavy atom. The first-order valence-electron chi connectivity index (χ1n) is 9.76. The van der Waals surface area contributed by atoms with Gasteiger partial charge in [0, 0.05) is 0 Å². The molecule has 0 fully saturated rings. The molecule has 0 atom stereocenters. The minimum Gasteiger partial charge on any atom is -0.412 e. The van der Waals surface area contributed by atoms with Crippen molar-refractivity contribution in [3.63, 3.8) is 0 Å². The Morgan fingerprint density at radius 1 is 0.833 bits per heavy atom. The predicted octanol–water partition coefficient (Wildman–Crippen LogP) is 5.38. The van der Waals surface area contributed by atoms with Crippen molar-refractivity contribution in [1.82, 2.24) is 0 Å². The largest absolute Gasteiger partial charge is 0.412 e. The Morgan fingerprint density at radius 3 is 1.58 bits per heavy atom. The van der Waals surface area contributed by atoms with E-state index in [0.717, 1.165) is 34.6 Å². The van der Waals surface area contributed by atoms with Crippen LogP contribution < -0.4 is 0 Å². The molecule has 0 spiro atoms. The van der Waals surface area contributed by atoms with Gasteiger partial charge in [0.1, 0.15) is 0 Å². The number of rotatable bonds is 15. The normalized spacial score (nSPS) is 11.4. The van der Waals surface area contributed by atoms with Crippen LogP contribution in [0.1, 0.15) is 86.0 Å². The first-order chi connectivity index (χ1) is 11.0. The molecule has 0 aliphatic carbocycles. The third kappa shape index (κ3) is 13.2. The van der Waals surface area contributed by atoms with Crippen molar-refractivity contribution < 1.29 is 14.8 Å². The summed E-state index contributed by atoms with van der Waals surface area (Å²) in [4.78, 5) is 11.8. The molecule has 0 aliphatic heterocycles. The van der Waals surface area contributed by atoms with Crippen molar-refractivity contribution in [3.8, 4) is 0 Å². The van der Waals surface area contributed by atoms with Crippen LogP contribution in [-0.4, -0.2) is 50.8 Å². The van der Waals surface area contributed by atoms with Crippen molar-refractivity contribution in [2.45, 2.75) is 104 Å². The fourth-order valence-corrected chi connectivity index (χ4v) is 37.1. The van der Waals surface area contributed by atoms with E-state index in [1.165, 1.54) is 34.6 Å². The first-order valence-corrected chi connectivity index (χ1v) is 21.3. The zero-order chi connectivity index (χ0) is 17.6. The Hall–Kier alpha value is 0.987. The van der Waals surface area contributed by atoms with Crippen LogP contribution in [0.2, 0.25) is 17.7 Å². The fourth-order valence-electron chi connectivity index (χ4n) is 2.74. The molecule has 0 saturated carbocycles. The second-order valence-corrected chi connectivity index (χ2v) is 25.6. The molecule has 0 rings (SSSR count). The van der Waals surface area contributed by atoms with Crippen molar-refractivity contribution in [2.75, 3.05) is 0 Å². The topological polar surface area (TPSA) is 67.0 Å². The smallest absolute Gasteiger partial charge is 0.412 e. The second kappa shape index (κ2) is 17.4. The monoisotopic (exact) mass is 561 g/mol. The van der Waals surface area contributed by atoms with Crippen LogP contribution in [-0.2, 0) is 9.28 Å². The van der Waals surface area contributed by atoms with E-state index >= 15 is 0 Å². The molecular formula is C18H41O4Sn2. The SMILES string of the molecule is CCC[CH2][Sn]([CH2]CCC)[O][Sn]([CH2]CCC)([CH2]CCC)[O]C(C)=O.O. The van der Waals surface area contributed by atoms with E-state index in [0.29, 0.717) is 0 Å². The summed E-state index contributed by atoms with van der Waals surface area (Å²) < 4.78 is 17.7. The summed E-state index contributed by atoms with van der Waals surface area (Å²) in [5, 5.41) is 0. The Bertz CT molecular complexity index is 285. The van der Waals surface area contributed by atoms with Crippen molar-refractivity contribution >= 4 is 45.3 Å². The van der Waals surface area contributed by atoms with Crippen LogP contribution >= 0.6 is 0 Å². The molecule has 0 saturated heterocycles. The van der Waals surface area contributed by atoms with Crippen LogP contribution in [0.3, 0.4) is 0 Å². The van der Waals surface area contributed by atoms with E-state index in [1.807, 2.05) is 0 Å². The third-order valence-corrected chi connectivity index (χ3v) is 32.1. The summed E-state index contributed by atoms with van der Waals surface area (Å²) in [5.41, 5.74) is 0. The quantitative estimate of drug-likeness (QED) is 0.254. The van der Waals surface area contributed by atoms with Crippen LogP contribution in [0.4, 0.5) is 0 Å². The molecule has 0 unspecified atom stereocenters. The average Bonchev–Trinajstić information content (AvgIpc) is 2.52. The molecule has 0 aliphatic rings. The van der Waals surface area contributed by atoms with Crippen LogP contribution in [0.25, 0.3) is 0 Å². The van der Waals surface area contributed by atoms with E-state index in [2.05, 4.69) is 27.7 Å². The van der Waals surface area contributed by atoms with Crippen molar-refractivity contribution in [3.05, 3.63) is 0 Å². The van der Waals surface area contributed by atoms with Crippen LogP contribution in [0.5, 0.6) is 0 Å². The van der Waals surface area contributed by atoms with E-state index in [-0.39, 0.29) is 11.4 Å². The maximum Gasteiger partial charge on any atom is -0.412 e. The van der Waals surface area contributed by atoms with E-state index < -0.39 is 39.4 Å². The number of hydrogen-bond acceptors (Lipinski definition) is 3. The maximum absolute atomic E-state index is 11.8. The molecule has 24 heavy (non-hydrogen) atoms. The zero-order valence-corrected chi connectivity index (χ0v) is 22.4. The van der Waals surface area contributed by atoms with Gasteiger partial charge in [0.2, 0.25) is 0 Å². The second-order valence-electron chi connectivity index (χ2n) is 6.56. The third-order valence-electron chi connectivity index (χ3n) is 4.10. The van der Waals surface area contributed by atoms with Crippen molar-refractivity contribution in [1.29, 1.82) is 0 Å². The number of unbranched alkanes of at least 4 members (excludes halogenated alkanes) is 4. The fraction of sp³-hybridized carbons (Fsp3) is 0.944. The average molecular weight is 559 g/mol.